The lowest BCUT2D eigenvalue weighted by Crippen LogP contribution is -2.12. The molecule has 0 bridgehead atoms. The van der Waals surface area contributed by atoms with Gasteiger partial charge in [-0.05, 0) is 6.92 Å². The number of Topliss-reactive ketones (excluding diaryl/α,β-unsaturated/α-hetero) is 1. The number of hydrogen-bond acceptors (Lipinski definition) is 6. The summed E-state index contributed by atoms with van der Waals surface area (Å²) in [6.07, 6.45) is 1.44. The lowest BCUT2D eigenvalue weighted by Gasteiger charge is -2.07. The minimum atomic E-state index is 0.0625. The van der Waals surface area contributed by atoms with Gasteiger partial charge in [0, 0.05) is 19.7 Å². The van der Waals surface area contributed by atoms with Crippen molar-refractivity contribution in [2.75, 3.05) is 37.4 Å². The van der Waals surface area contributed by atoms with Gasteiger partial charge in [-0.1, -0.05) is 0 Å². The first-order valence-electron chi connectivity index (χ1n) is 5.00. The van der Waals surface area contributed by atoms with E-state index in [0.29, 0.717) is 24.8 Å². The van der Waals surface area contributed by atoms with Gasteiger partial charge in [-0.3, -0.25) is 4.79 Å². The van der Waals surface area contributed by atoms with Gasteiger partial charge < -0.3 is 15.4 Å². The molecule has 0 fully saturated rings. The predicted molar refractivity (Wildman–Crippen MR) is 61.6 cm³/mol. The van der Waals surface area contributed by atoms with Crippen molar-refractivity contribution in [3.8, 4) is 0 Å². The van der Waals surface area contributed by atoms with Crippen LogP contribution in [0.25, 0.3) is 0 Å². The number of carbonyl (C=O) groups excluding carboxylic acids is 1. The molecule has 0 saturated heterocycles. The topological polar surface area (TPSA) is 76.1 Å². The smallest absolute Gasteiger partial charge is 0.148 e. The third kappa shape index (κ3) is 4.70. The summed E-state index contributed by atoms with van der Waals surface area (Å²) in [5.41, 5.74) is 0. The van der Waals surface area contributed by atoms with Crippen LogP contribution in [-0.4, -0.2) is 42.6 Å². The van der Waals surface area contributed by atoms with Crippen LogP contribution in [0, 0.1) is 0 Å². The molecule has 88 valence electrons. The minimum absolute atomic E-state index is 0.0625. The molecule has 1 aromatic heterocycles. The summed E-state index contributed by atoms with van der Waals surface area (Å²) in [6, 6.07) is 1.75. The molecule has 0 amide bonds. The molecule has 1 rings (SSSR count). The minimum Gasteiger partial charge on any atom is -0.383 e. The second kappa shape index (κ2) is 6.73. The van der Waals surface area contributed by atoms with Crippen LogP contribution in [0.15, 0.2) is 12.4 Å². The first-order valence-corrected chi connectivity index (χ1v) is 5.00. The van der Waals surface area contributed by atoms with Crippen molar-refractivity contribution < 1.29 is 9.53 Å². The van der Waals surface area contributed by atoms with E-state index < -0.39 is 0 Å². The normalized spacial score (nSPS) is 9.88. The van der Waals surface area contributed by atoms with Gasteiger partial charge in [-0.15, -0.1) is 0 Å². The highest BCUT2D eigenvalue weighted by Gasteiger charge is 1.99. The van der Waals surface area contributed by atoms with Crippen LogP contribution in [0.1, 0.15) is 6.92 Å². The number of aromatic nitrogens is 2. The number of anilines is 2. The number of carbonyl (C=O) groups is 1. The second-order valence-corrected chi connectivity index (χ2v) is 3.26. The summed E-state index contributed by atoms with van der Waals surface area (Å²) in [6.45, 7) is 3.08. The zero-order valence-corrected chi connectivity index (χ0v) is 9.49. The van der Waals surface area contributed by atoms with Gasteiger partial charge in [-0.2, -0.15) is 0 Å². The van der Waals surface area contributed by atoms with Gasteiger partial charge in [0.15, 0.2) is 0 Å². The fourth-order valence-electron chi connectivity index (χ4n) is 1.05. The van der Waals surface area contributed by atoms with Crippen molar-refractivity contribution in [2.45, 2.75) is 6.92 Å². The lowest BCUT2D eigenvalue weighted by molar-refractivity contribution is -0.115. The fraction of sp³-hybridized carbons (Fsp3) is 0.500. The molecule has 0 aromatic carbocycles. The molecule has 16 heavy (non-hydrogen) atoms. The van der Waals surface area contributed by atoms with E-state index in [1.807, 2.05) is 0 Å². The zero-order valence-electron chi connectivity index (χ0n) is 9.49. The molecule has 1 aromatic rings. The Kier molecular flexibility index (Phi) is 5.21. The van der Waals surface area contributed by atoms with Crippen LogP contribution in [-0.2, 0) is 9.53 Å². The summed E-state index contributed by atoms with van der Waals surface area (Å²) in [7, 11) is 1.64. The van der Waals surface area contributed by atoms with Crippen LogP contribution in [0.5, 0.6) is 0 Å². The molecule has 6 nitrogen and oxygen atoms in total. The Morgan fingerprint density at radius 2 is 2.06 bits per heavy atom. The Morgan fingerprint density at radius 1 is 1.38 bits per heavy atom. The number of methoxy groups -OCH3 is 1. The number of ether oxygens (including phenoxy) is 1. The largest absolute Gasteiger partial charge is 0.383 e. The van der Waals surface area contributed by atoms with E-state index in [2.05, 4.69) is 20.6 Å². The van der Waals surface area contributed by atoms with E-state index in [9.17, 15) is 4.79 Å². The van der Waals surface area contributed by atoms with Gasteiger partial charge in [-0.25, -0.2) is 9.97 Å². The van der Waals surface area contributed by atoms with Crippen molar-refractivity contribution >= 4 is 17.4 Å². The molecule has 0 aliphatic rings. The summed E-state index contributed by atoms with van der Waals surface area (Å²) < 4.78 is 4.91. The van der Waals surface area contributed by atoms with Gasteiger partial charge in [0.2, 0.25) is 0 Å². The van der Waals surface area contributed by atoms with Crippen LogP contribution in [0.2, 0.25) is 0 Å². The average Bonchev–Trinajstić information content (AvgIpc) is 2.27. The van der Waals surface area contributed by atoms with Crippen LogP contribution >= 0.6 is 0 Å². The standard InChI is InChI=1S/C10H16N4O2/c1-8(15)6-12-10-5-9(13-7-14-10)11-3-4-16-2/h5,7H,3-4,6H2,1-2H3,(H2,11,12,13,14). The maximum absolute atomic E-state index is 10.8. The number of rotatable bonds is 7. The summed E-state index contributed by atoms with van der Waals surface area (Å²) >= 11 is 0. The van der Waals surface area contributed by atoms with E-state index >= 15 is 0 Å². The van der Waals surface area contributed by atoms with Crippen LogP contribution in [0.3, 0.4) is 0 Å². The third-order valence-corrected chi connectivity index (χ3v) is 1.80. The van der Waals surface area contributed by atoms with Crippen molar-refractivity contribution in [2.24, 2.45) is 0 Å². The van der Waals surface area contributed by atoms with E-state index in [0.717, 1.165) is 0 Å². The Balaban J connectivity index is 2.46. The second-order valence-electron chi connectivity index (χ2n) is 3.26. The van der Waals surface area contributed by atoms with Crippen molar-refractivity contribution in [1.82, 2.24) is 9.97 Å². The molecule has 0 aliphatic heterocycles. The predicted octanol–water partition coefficient (Wildman–Crippen LogP) is 0.536. The van der Waals surface area contributed by atoms with E-state index in [1.54, 1.807) is 13.2 Å². The highest BCUT2D eigenvalue weighted by molar-refractivity contribution is 5.80. The van der Waals surface area contributed by atoms with Gasteiger partial charge in [0.1, 0.15) is 23.7 Å². The Morgan fingerprint density at radius 3 is 2.69 bits per heavy atom. The molecule has 0 saturated carbocycles. The Labute approximate surface area is 94.4 Å². The van der Waals surface area contributed by atoms with Crippen molar-refractivity contribution in [3.05, 3.63) is 12.4 Å². The molecule has 0 spiro atoms. The maximum Gasteiger partial charge on any atom is 0.148 e. The van der Waals surface area contributed by atoms with Crippen LogP contribution < -0.4 is 10.6 Å². The molecule has 1 heterocycles. The molecule has 2 N–H and O–H groups in total. The van der Waals surface area contributed by atoms with E-state index in [4.69, 9.17) is 4.74 Å². The van der Waals surface area contributed by atoms with E-state index in [1.165, 1.54) is 13.3 Å². The highest BCUT2D eigenvalue weighted by atomic mass is 16.5. The summed E-state index contributed by atoms with van der Waals surface area (Å²) in [4.78, 5) is 18.8. The Hall–Kier alpha value is -1.69. The van der Waals surface area contributed by atoms with Gasteiger partial charge >= 0.3 is 0 Å². The Bertz CT molecular complexity index is 343. The van der Waals surface area contributed by atoms with Crippen molar-refractivity contribution in [1.29, 1.82) is 0 Å². The lowest BCUT2D eigenvalue weighted by atomic mass is 10.4. The van der Waals surface area contributed by atoms with Gasteiger partial charge in [0.05, 0.1) is 13.2 Å². The molecular formula is C10H16N4O2. The van der Waals surface area contributed by atoms with Crippen LogP contribution in [0.4, 0.5) is 11.6 Å². The average molecular weight is 224 g/mol. The first kappa shape index (κ1) is 12.4. The quantitative estimate of drug-likeness (QED) is 0.658. The third-order valence-electron chi connectivity index (χ3n) is 1.80. The molecular weight excluding hydrogens is 208 g/mol. The number of ketones is 1. The van der Waals surface area contributed by atoms with Gasteiger partial charge in [0.25, 0.3) is 0 Å². The molecule has 6 heteroatoms. The highest BCUT2D eigenvalue weighted by Crippen LogP contribution is 2.07. The summed E-state index contributed by atoms with van der Waals surface area (Å²) in [5, 5.41) is 5.98. The SMILES string of the molecule is COCCNc1cc(NCC(C)=O)ncn1. The van der Waals surface area contributed by atoms with E-state index in [-0.39, 0.29) is 12.3 Å². The monoisotopic (exact) mass is 224 g/mol. The zero-order chi connectivity index (χ0) is 11.8. The number of nitrogens with zero attached hydrogens (tertiary/aromatic N) is 2. The summed E-state index contributed by atoms with van der Waals surface area (Å²) in [5.74, 6) is 1.40. The number of nitrogens with one attached hydrogen (secondary N) is 2. The van der Waals surface area contributed by atoms with Crippen molar-refractivity contribution in [3.63, 3.8) is 0 Å². The molecule has 0 aliphatic carbocycles. The molecule has 0 unspecified atom stereocenters. The number of hydrogen-bond donors (Lipinski definition) is 2. The fourth-order valence-corrected chi connectivity index (χ4v) is 1.05. The molecule has 0 radical (unpaired) electrons. The first-order chi connectivity index (χ1) is 7.72. The molecule has 0 atom stereocenters. The maximum atomic E-state index is 10.8.